The average Bonchev–Trinajstić information content (AvgIpc) is 2.24. The Bertz CT molecular complexity index is 403. The Morgan fingerprint density at radius 1 is 0.391 bits per heavy atom. The van der Waals surface area contributed by atoms with Gasteiger partial charge in [0.15, 0.2) is 0 Å². The molecule has 0 aromatic rings. The summed E-state index contributed by atoms with van der Waals surface area (Å²) in [4.78, 5) is 0. The van der Waals surface area contributed by atoms with E-state index in [-0.39, 0.29) is 0 Å². The zero-order valence-corrected chi connectivity index (χ0v) is 11.1. The summed E-state index contributed by atoms with van der Waals surface area (Å²) in [5.41, 5.74) is 0. The van der Waals surface area contributed by atoms with Crippen molar-refractivity contribution < 1.29 is 61.5 Å². The highest BCUT2D eigenvalue weighted by atomic mass is 35.5. The largest absolute Gasteiger partial charge is 0.460 e. The Morgan fingerprint density at radius 2 is 0.696 bits per heavy atom. The van der Waals surface area contributed by atoms with E-state index < -0.39 is 40.4 Å². The van der Waals surface area contributed by atoms with Gasteiger partial charge in [-0.25, -0.2) is 4.39 Å². The maximum Gasteiger partial charge on any atom is 0.460 e. The molecule has 23 heavy (non-hydrogen) atoms. The van der Waals surface area contributed by atoms with E-state index >= 15 is 0 Å². The molecule has 0 spiro atoms. The fraction of sp³-hybridized carbons (Fsp3) is 1.00. The van der Waals surface area contributed by atoms with Gasteiger partial charge in [0, 0.05) is 0 Å². The van der Waals surface area contributed by atoms with Gasteiger partial charge in [-0.05, 0) is 11.6 Å². The Balaban J connectivity index is 6.37. The normalized spacial score (nSPS) is 18.8. The molecule has 0 rings (SSSR count). The molecule has 0 bridgehead atoms. The lowest BCUT2D eigenvalue weighted by Gasteiger charge is -2.41. The van der Waals surface area contributed by atoms with E-state index in [0.717, 1.165) is 0 Å². The Morgan fingerprint density at radius 3 is 0.913 bits per heavy atom. The quantitative estimate of drug-likeness (QED) is 0.388. The van der Waals surface area contributed by atoms with Crippen molar-refractivity contribution >= 4 is 23.2 Å². The van der Waals surface area contributed by atoms with Gasteiger partial charge in [-0.1, -0.05) is 11.6 Å². The molecule has 16 heteroatoms. The molecule has 0 amide bonds. The van der Waals surface area contributed by atoms with Crippen LogP contribution in [0.2, 0.25) is 0 Å². The van der Waals surface area contributed by atoms with Gasteiger partial charge in [0.2, 0.25) is 0 Å². The van der Waals surface area contributed by atoms with Gasteiger partial charge < -0.3 is 0 Å². The highest BCUT2D eigenvalue weighted by molar-refractivity contribution is 6.27. The zero-order valence-electron chi connectivity index (χ0n) is 9.55. The molecule has 0 aliphatic heterocycles. The molecule has 0 aromatic carbocycles. The van der Waals surface area contributed by atoms with Crippen LogP contribution in [0.15, 0.2) is 0 Å². The molecule has 0 heterocycles. The number of rotatable bonds is 5. The molecule has 0 N–H and O–H groups in total. The molecular weight excluding hydrogens is 421 g/mol. The van der Waals surface area contributed by atoms with Gasteiger partial charge in [0.25, 0.3) is 0 Å². The molecule has 140 valence electrons. The van der Waals surface area contributed by atoms with Gasteiger partial charge in [-0.15, -0.1) is 0 Å². The van der Waals surface area contributed by atoms with E-state index in [9.17, 15) is 61.5 Å². The maximum absolute atomic E-state index is 13.1. The van der Waals surface area contributed by atoms with Crippen LogP contribution in [-0.2, 0) is 0 Å². The first-order chi connectivity index (χ1) is 9.50. The van der Waals surface area contributed by atoms with Gasteiger partial charge in [-0.3, -0.25) is 0 Å². The summed E-state index contributed by atoms with van der Waals surface area (Å²) in [5.74, 6) is -30.8. The maximum atomic E-state index is 13.1. The molecule has 0 saturated heterocycles. The second kappa shape index (κ2) is 5.30. The monoisotopic (exact) mass is 420 g/mol. The minimum absolute atomic E-state index is 3.47. The molecule has 0 saturated carbocycles. The Kier molecular flexibility index (Phi) is 5.20. The lowest BCUT2D eigenvalue weighted by Crippen LogP contribution is -2.71. The first-order valence-corrected chi connectivity index (χ1v) is 5.28. The van der Waals surface area contributed by atoms with E-state index in [1.54, 1.807) is 0 Å². The predicted octanol–water partition coefficient (Wildman–Crippen LogP) is 5.83. The van der Waals surface area contributed by atoms with Crippen LogP contribution < -0.4 is 0 Å². The fourth-order valence-electron chi connectivity index (χ4n) is 0.948. The SMILES string of the molecule is FC(F)(F)C(F)(F)C(F)(F)C(F)(F)C(F)(Cl)C(F)(F)C(F)(F)Cl. The number of alkyl halides is 16. The number of hydrogen-bond acceptors (Lipinski definition) is 0. The topological polar surface area (TPSA) is 0 Å². The average molecular weight is 421 g/mol. The molecule has 0 fully saturated rings. The van der Waals surface area contributed by atoms with E-state index in [1.165, 1.54) is 0 Å². The summed E-state index contributed by atoms with van der Waals surface area (Å²) in [5, 5.41) is -13.6. The lowest BCUT2D eigenvalue weighted by molar-refractivity contribution is -0.418. The van der Waals surface area contributed by atoms with Crippen LogP contribution >= 0.6 is 23.2 Å². The molecule has 1 unspecified atom stereocenters. The molecular formula is C7Cl2F14. The summed E-state index contributed by atoms with van der Waals surface area (Å²) in [7, 11) is 0. The third-order valence-corrected chi connectivity index (χ3v) is 3.00. The summed E-state index contributed by atoms with van der Waals surface area (Å²) in [6, 6.07) is 0. The van der Waals surface area contributed by atoms with Gasteiger partial charge in [0.1, 0.15) is 0 Å². The third-order valence-electron chi connectivity index (χ3n) is 2.29. The van der Waals surface area contributed by atoms with Crippen LogP contribution in [0.3, 0.4) is 0 Å². The predicted molar refractivity (Wildman–Crippen MR) is 46.3 cm³/mol. The van der Waals surface area contributed by atoms with Crippen molar-refractivity contribution in [1.82, 2.24) is 0 Å². The van der Waals surface area contributed by atoms with E-state index in [0.29, 0.717) is 0 Å². The van der Waals surface area contributed by atoms with Crippen LogP contribution in [0, 0.1) is 0 Å². The Hall–Kier alpha value is -0.400. The standard InChI is InChI=1S/C7Cl2F14/c8-1(10,3(13,14)6(9,19)20)2(11,12)4(15,16)5(17,18)7(21,22)23. The first kappa shape index (κ1) is 22.6. The first-order valence-electron chi connectivity index (χ1n) is 4.52. The minimum atomic E-state index is -7.99. The van der Waals surface area contributed by atoms with Crippen molar-refractivity contribution in [3.8, 4) is 0 Å². The van der Waals surface area contributed by atoms with Gasteiger partial charge >= 0.3 is 40.4 Å². The molecule has 0 radical (unpaired) electrons. The van der Waals surface area contributed by atoms with Gasteiger partial charge in [0.05, 0.1) is 0 Å². The van der Waals surface area contributed by atoms with Crippen molar-refractivity contribution in [2.45, 2.75) is 40.4 Å². The summed E-state index contributed by atoms with van der Waals surface area (Å²) >= 11 is 7.01. The van der Waals surface area contributed by atoms with Crippen molar-refractivity contribution in [2.75, 3.05) is 0 Å². The van der Waals surface area contributed by atoms with Crippen molar-refractivity contribution in [2.24, 2.45) is 0 Å². The fourth-order valence-corrected chi connectivity index (χ4v) is 1.36. The summed E-state index contributed by atoms with van der Waals surface area (Å²) in [6.07, 6.45) is -7.49. The second-order valence-corrected chi connectivity index (χ2v) is 4.86. The lowest BCUT2D eigenvalue weighted by atomic mass is 9.95. The number of hydrogen-bond donors (Lipinski definition) is 0. The third kappa shape index (κ3) is 2.89. The summed E-state index contributed by atoms with van der Waals surface area (Å²) in [6.45, 7) is 0. The van der Waals surface area contributed by atoms with Crippen LogP contribution in [-0.4, -0.2) is 40.4 Å². The van der Waals surface area contributed by atoms with Crippen molar-refractivity contribution in [3.63, 3.8) is 0 Å². The zero-order chi connectivity index (χ0) is 19.5. The second-order valence-electron chi connectivity index (χ2n) is 3.87. The van der Waals surface area contributed by atoms with E-state index in [2.05, 4.69) is 23.2 Å². The van der Waals surface area contributed by atoms with Crippen molar-refractivity contribution in [3.05, 3.63) is 0 Å². The molecule has 0 aromatic heterocycles. The van der Waals surface area contributed by atoms with Gasteiger partial charge in [-0.2, -0.15) is 57.1 Å². The molecule has 1 atom stereocenters. The highest BCUT2D eigenvalue weighted by Crippen LogP contribution is 2.63. The number of halogens is 16. The van der Waals surface area contributed by atoms with Crippen LogP contribution in [0.4, 0.5) is 61.5 Å². The highest BCUT2D eigenvalue weighted by Gasteiger charge is 2.92. The molecule has 0 aliphatic rings. The Labute approximate surface area is 126 Å². The molecule has 0 aliphatic carbocycles. The van der Waals surface area contributed by atoms with E-state index in [1.807, 2.05) is 0 Å². The van der Waals surface area contributed by atoms with Crippen LogP contribution in [0.5, 0.6) is 0 Å². The minimum Gasteiger partial charge on any atom is -0.212 e. The van der Waals surface area contributed by atoms with E-state index in [4.69, 9.17) is 0 Å². The van der Waals surface area contributed by atoms with Crippen molar-refractivity contribution in [1.29, 1.82) is 0 Å². The van der Waals surface area contributed by atoms with Crippen LogP contribution in [0.1, 0.15) is 0 Å². The molecule has 0 nitrogen and oxygen atoms in total. The summed E-state index contributed by atoms with van der Waals surface area (Å²) < 4.78 is 174. The van der Waals surface area contributed by atoms with Crippen LogP contribution in [0.25, 0.3) is 0 Å². The smallest absolute Gasteiger partial charge is 0.212 e.